The fourth-order valence-electron chi connectivity index (χ4n) is 5.44. The summed E-state index contributed by atoms with van der Waals surface area (Å²) in [6, 6.07) is 10.0. The van der Waals surface area contributed by atoms with Crippen molar-refractivity contribution in [3.05, 3.63) is 47.0 Å². The predicted molar refractivity (Wildman–Crippen MR) is 129 cm³/mol. The lowest BCUT2D eigenvalue weighted by molar-refractivity contribution is -0.120. The van der Waals surface area contributed by atoms with E-state index in [4.69, 9.17) is 25.8 Å². The second-order valence-electron chi connectivity index (χ2n) is 9.09. The molecule has 2 aromatic carbocycles. The zero-order chi connectivity index (χ0) is 23.7. The molecule has 3 unspecified atom stereocenters. The number of fused-ring (bicyclic) bond motifs is 2. The Kier molecular flexibility index (Phi) is 6.55. The number of benzene rings is 2. The summed E-state index contributed by atoms with van der Waals surface area (Å²) in [4.78, 5) is 29.1. The summed E-state index contributed by atoms with van der Waals surface area (Å²) >= 11 is 6.47. The van der Waals surface area contributed by atoms with Crippen molar-refractivity contribution in [1.82, 2.24) is 4.90 Å². The number of amides is 2. The Labute approximate surface area is 204 Å². The summed E-state index contributed by atoms with van der Waals surface area (Å²) in [7, 11) is 1.55. The third-order valence-corrected chi connectivity index (χ3v) is 7.37. The van der Waals surface area contributed by atoms with E-state index in [0.717, 1.165) is 32.1 Å². The SMILES string of the molecule is COc1ccccc1C(=O)N1C(C(=O)Nc2cc3c(cc2Cl)OCCCO3)CC2CCCCC21. The zero-order valence-electron chi connectivity index (χ0n) is 19.2. The van der Waals surface area contributed by atoms with Gasteiger partial charge in [0.2, 0.25) is 5.91 Å². The first-order chi connectivity index (χ1) is 16.6. The summed E-state index contributed by atoms with van der Waals surface area (Å²) in [6.07, 6.45) is 5.52. The van der Waals surface area contributed by atoms with Gasteiger partial charge in [-0.15, -0.1) is 0 Å². The minimum Gasteiger partial charge on any atom is -0.496 e. The van der Waals surface area contributed by atoms with Crippen molar-refractivity contribution < 1.29 is 23.8 Å². The second kappa shape index (κ2) is 9.74. The number of carbonyl (C=O) groups excluding carboxylic acids is 2. The van der Waals surface area contributed by atoms with E-state index in [1.165, 1.54) is 0 Å². The number of hydrogen-bond acceptors (Lipinski definition) is 5. The maximum Gasteiger partial charge on any atom is 0.258 e. The van der Waals surface area contributed by atoms with E-state index in [0.29, 0.717) is 59.1 Å². The lowest BCUT2D eigenvalue weighted by Gasteiger charge is -2.34. The highest BCUT2D eigenvalue weighted by Crippen LogP contribution is 2.42. The molecule has 2 heterocycles. The number of hydrogen-bond donors (Lipinski definition) is 1. The van der Waals surface area contributed by atoms with Crippen molar-refractivity contribution in [3.8, 4) is 17.2 Å². The van der Waals surface area contributed by atoms with Crippen LogP contribution in [0.25, 0.3) is 0 Å². The predicted octanol–water partition coefficient (Wildman–Crippen LogP) is 4.92. The molecule has 2 fully saturated rings. The van der Waals surface area contributed by atoms with Crippen molar-refractivity contribution in [2.24, 2.45) is 5.92 Å². The number of rotatable bonds is 4. The Hall–Kier alpha value is -2.93. The van der Waals surface area contributed by atoms with Gasteiger partial charge in [0.25, 0.3) is 5.91 Å². The lowest BCUT2D eigenvalue weighted by Crippen LogP contribution is -2.48. The summed E-state index contributed by atoms with van der Waals surface area (Å²) < 4.78 is 16.9. The number of carbonyl (C=O) groups is 2. The molecule has 3 atom stereocenters. The number of methoxy groups -OCH3 is 1. The third-order valence-electron chi connectivity index (χ3n) is 7.06. The van der Waals surface area contributed by atoms with Gasteiger partial charge in [-0.05, 0) is 37.3 Å². The molecular formula is C26H29ClN2O5. The standard InChI is InChI=1S/C26H29ClN2O5/c1-32-22-10-5-3-8-17(22)26(31)29-20-9-4-2-7-16(20)13-21(29)25(30)28-19-15-24-23(14-18(19)27)33-11-6-12-34-24/h3,5,8,10,14-16,20-21H,2,4,6-7,9,11-13H2,1H3,(H,28,30). The summed E-state index contributed by atoms with van der Waals surface area (Å²) in [5.74, 6) is 1.53. The Morgan fingerprint density at radius 3 is 2.59 bits per heavy atom. The number of nitrogens with zero attached hydrogens (tertiary/aromatic N) is 1. The molecule has 0 bridgehead atoms. The Balaban J connectivity index is 1.43. The molecule has 1 saturated heterocycles. The molecule has 2 aliphatic heterocycles. The van der Waals surface area contributed by atoms with E-state index in [-0.39, 0.29) is 17.9 Å². The van der Waals surface area contributed by atoms with Gasteiger partial charge in [-0.3, -0.25) is 9.59 Å². The quantitative estimate of drug-likeness (QED) is 0.666. The maximum absolute atomic E-state index is 13.7. The second-order valence-corrected chi connectivity index (χ2v) is 9.50. The molecule has 180 valence electrons. The Morgan fingerprint density at radius 1 is 1.06 bits per heavy atom. The van der Waals surface area contributed by atoms with E-state index < -0.39 is 6.04 Å². The van der Waals surface area contributed by atoms with Crippen LogP contribution in [0.3, 0.4) is 0 Å². The monoisotopic (exact) mass is 484 g/mol. The van der Waals surface area contributed by atoms with Crippen LogP contribution in [-0.4, -0.2) is 49.1 Å². The van der Waals surface area contributed by atoms with Crippen LogP contribution in [0.2, 0.25) is 5.02 Å². The molecule has 8 heteroatoms. The number of anilines is 1. The lowest BCUT2D eigenvalue weighted by atomic mass is 9.84. The summed E-state index contributed by atoms with van der Waals surface area (Å²) in [5.41, 5.74) is 0.929. The van der Waals surface area contributed by atoms with E-state index in [1.54, 1.807) is 36.3 Å². The largest absolute Gasteiger partial charge is 0.496 e. The summed E-state index contributed by atoms with van der Waals surface area (Å²) in [5, 5.41) is 3.34. The molecule has 2 amide bonds. The van der Waals surface area contributed by atoms with Gasteiger partial charge in [-0.1, -0.05) is 36.6 Å². The molecule has 0 radical (unpaired) electrons. The van der Waals surface area contributed by atoms with Crippen molar-refractivity contribution >= 4 is 29.1 Å². The van der Waals surface area contributed by atoms with Crippen LogP contribution in [0.1, 0.15) is 48.9 Å². The highest BCUT2D eigenvalue weighted by Gasteiger charge is 2.48. The molecular weight excluding hydrogens is 456 g/mol. The van der Waals surface area contributed by atoms with Crippen molar-refractivity contribution in [2.45, 2.75) is 50.6 Å². The van der Waals surface area contributed by atoms with Crippen LogP contribution >= 0.6 is 11.6 Å². The van der Waals surface area contributed by atoms with Crippen LogP contribution in [0.15, 0.2) is 36.4 Å². The van der Waals surface area contributed by atoms with Gasteiger partial charge in [0.1, 0.15) is 11.8 Å². The topological polar surface area (TPSA) is 77.1 Å². The van der Waals surface area contributed by atoms with Gasteiger partial charge in [0.05, 0.1) is 36.6 Å². The van der Waals surface area contributed by atoms with E-state index in [2.05, 4.69) is 5.32 Å². The van der Waals surface area contributed by atoms with Crippen molar-refractivity contribution in [1.29, 1.82) is 0 Å². The van der Waals surface area contributed by atoms with Crippen LogP contribution in [0.4, 0.5) is 5.69 Å². The first-order valence-corrected chi connectivity index (χ1v) is 12.3. The highest BCUT2D eigenvalue weighted by molar-refractivity contribution is 6.34. The van der Waals surface area contributed by atoms with Crippen LogP contribution in [0, 0.1) is 5.92 Å². The normalized spacial score (nSPS) is 23.6. The molecule has 3 aliphatic rings. The maximum atomic E-state index is 13.7. The number of nitrogens with one attached hydrogen (secondary N) is 1. The molecule has 34 heavy (non-hydrogen) atoms. The minimum absolute atomic E-state index is 0.0427. The smallest absolute Gasteiger partial charge is 0.258 e. The van der Waals surface area contributed by atoms with Gasteiger partial charge in [-0.25, -0.2) is 0 Å². The van der Waals surface area contributed by atoms with Crippen LogP contribution in [-0.2, 0) is 4.79 Å². The minimum atomic E-state index is -0.586. The van der Waals surface area contributed by atoms with Gasteiger partial charge in [0.15, 0.2) is 11.5 Å². The fraction of sp³-hybridized carbons (Fsp3) is 0.462. The van der Waals surface area contributed by atoms with Gasteiger partial charge >= 0.3 is 0 Å². The number of para-hydroxylation sites is 1. The van der Waals surface area contributed by atoms with Crippen molar-refractivity contribution in [3.63, 3.8) is 0 Å². The van der Waals surface area contributed by atoms with E-state index in [1.807, 2.05) is 12.1 Å². The number of ether oxygens (including phenoxy) is 3. The molecule has 7 nitrogen and oxygen atoms in total. The average molecular weight is 485 g/mol. The Morgan fingerprint density at radius 2 is 1.79 bits per heavy atom. The van der Waals surface area contributed by atoms with Gasteiger partial charge in [-0.2, -0.15) is 0 Å². The average Bonchev–Trinajstić information content (AvgIpc) is 3.11. The third kappa shape index (κ3) is 4.29. The fourth-order valence-corrected chi connectivity index (χ4v) is 5.64. The van der Waals surface area contributed by atoms with E-state index >= 15 is 0 Å². The van der Waals surface area contributed by atoms with Crippen LogP contribution < -0.4 is 19.5 Å². The Bertz CT molecular complexity index is 1090. The molecule has 0 aromatic heterocycles. The molecule has 1 N–H and O–H groups in total. The number of likely N-dealkylation sites (tertiary alicyclic amines) is 1. The van der Waals surface area contributed by atoms with Crippen LogP contribution in [0.5, 0.6) is 17.2 Å². The first kappa shape index (κ1) is 22.8. The molecule has 0 spiro atoms. The van der Waals surface area contributed by atoms with Gasteiger partial charge in [0, 0.05) is 24.6 Å². The first-order valence-electron chi connectivity index (χ1n) is 11.9. The molecule has 1 saturated carbocycles. The molecule has 2 aromatic rings. The molecule has 5 rings (SSSR count). The molecule has 1 aliphatic carbocycles. The summed E-state index contributed by atoms with van der Waals surface area (Å²) in [6.45, 7) is 1.09. The highest BCUT2D eigenvalue weighted by atomic mass is 35.5. The van der Waals surface area contributed by atoms with E-state index in [9.17, 15) is 9.59 Å². The van der Waals surface area contributed by atoms with Crippen molar-refractivity contribution in [2.75, 3.05) is 25.6 Å². The van der Waals surface area contributed by atoms with Gasteiger partial charge < -0.3 is 24.4 Å². The zero-order valence-corrected chi connectivity index (χ0v) is 20.0. The number of halogens is 1.